The van der Waals surface area contributed by atoms with Gasteiger partial charge in [0.05, 0.1) is 18.4 Å². The molecule has 0 aliphatic heterocycles. The fourth-order valence-corrected chi connectivity index (χ4v) is 2.48. The van der Waals surface area contributed by atoms with Crippen molar-refractivity contribution < 1.29 is 13.2 Å². The van der Waals surface area contributed by atoms with E-state index in [1.54, 1.807) is 0 Å². The maximum Gasteiger partial charge on any atom is 0.211 e. The van der Waals surface area contributed by atoms with Gasteiger partial charge >= 0.3 is 0 Å². The van der Waals surface area contributed by atoms with E-state index in [1.807, 2.05) is 30.3 Å². The number of hydrogen-bond donors (Lipinski definition) is 0. The highest BCUT2D eigenvalue weighted by molar-refractivity contribution is 7.88. The van der Waals surface area contributed by atoms with Gasteiger partial charge in [0.15, 0.2) is 6.29 Å². The lowest BCUT2D eigenvalue weighted by Crippen LogP contribution is -2.29. The molecule has 0 unspecified atom stereocenters. The summed E-state index contributed by atoms with van der Waals surface area (Å²) in [5, 5.41) is 0. The minimum absolute atomic E-state index is 0.0624. The summed E-state index contributed by atoms with van der Waals surface area (Å²) in [6.45, 7) is 0.311. The van der Waals surface area contributed by atoms with Crippen LogP contribution in [0.5, 0.6) is 0 Å². The van der Waals surface area contributed by atoms with Crippen LogP contribution in [0.3, 0.4) is 0 Å². The quantitative estimate of drug-likeness (QED) is 0.750. The molecule has 0 aliphatic carbocycles. The van der Waals surface area contributed by atoms with Gasteiger partial charge in [-0.05, 0) is 5.56 Å². The summed E-state index contributed by atoms with van der Waals surface area (Å²) in [7, 11) is -3.39. The molecule has 2 rings (SSSR count). The Hall–Kier alpha value is -2.12. The van der Waals surface area contributed by atoms with Gasteiger partial charge in [-0.25, -0.2) is 18.4 Å². The van der Waals surface area contributed by atoms with Crippen LogP contribution in [0.4, 0.5) is 0 Å². The Morgan fingerprint density at radius 2 is 1.71 bits per heavy atom. The SMILES string of the molecule is CS(=O)(=O)N(Cc1ccccc1)Cc1ncc(C=O)cn1. The number of hydrogen-bond acceptors (Lipinski definition) is 5. The molecule has 0 fully saturated rings. The third-order valence-electron chi connectivity index (χ3n) is 2.85. The van der Waals surface area contributed by atoms with Crippen molar-refractivity contribution in [3.63, 3.8) is 0 Å². The smallest absolute Gasteiger partial charge is 0.211 e. The standard InChI is InChI=1S/C14H15N3O3S/c1-21(19,20)17(9-12-5-3-2-4-6-12)10-14-15-7-13(11-18)8-16-14/h2-8,11H,9-10H2,1H3. The molecule has 0 spiro atoms. The molecule has 0 N–H and O–H groups in total. The third kappa shape index (κ3) is 4.44. The lowest BCUT2D eigenvalue weighted by Gasteiger charge is -2.19. The zero-order valence-electron chi connectivity index (χ0n) is 11.5. The van der Waals surface area contributed by atoms with Crippen molar-refractivity contribution in [2.24, 2.45) is 0 Å². The van der Waals surface area contributed by atoms with Crippen LogP contribution in [-0.2, 0) is 23.1 Å². The molecular weight excluding hydrogens is 290 g/mol. The van der Waals surface area contributed by atoms with E-state index in [9.17, 15) is 13.2 Å². The van der Waals surface area contributed by atoms with E-state index in [0.717, 1.165) is 11.8 Å². The second kappa shape index (κ2) is 6.55. The van der Waals surface area contributed by atoms with Crippen molar-refractivity contribution in [3.8, 4) is 0 Å². The fourth-order valence-electron chi connectivity index (χ4n) is 1.74. The number of aromatic nitrogens is 2. The minimum atomic E-state index is -3.39. The Morgan fingerprint density at radius 3 is 2.24 bits per heavy atom. The van der Waals surface area contributed by atoms with Crippen LogP contribution in [0.2, 0.25) is 0 Å². The van der Waals surface area contributed by atoms with Gasteiger partial charge in [0, 0.05) is 18.9 Å². The van der Waals surface area contributed by atoms with E-state index in [-0.39, 0.29) is 13.1 Å². The Balaban J connectivity index is 2.18. The van der Waals surface area contributed by atoms with E-state index < -0.39 is 10.0 Å². The van der Waals surface area contributed by atoms with Gasteiger partial charge in [-0.15, -0.1) is 0 Å². The molecule has 110 valence electrons. The van der Waals surface area contributed by atoms with Crippen LogP contribution in [0, 0.1) is 0 Å². The van der Waals surface area contributed by atoms with Crippen LogP contribution in [0.15, 0.2) is 42.7 Å². The van der Waals surface area contributed by atoms with Gasteiger partial charge in [-0.3, -0.25) is 4.79 Å². The highest BCUT2D eigenvalue weighted by Gasteiger charge is 2.18. The van der Waals surface area contributed by atoms with E-state index in [1.165, 1.54) is 16.7 Å². The molecule has 0 atom stereocenters. The zero-order chi connectivity index (χ0) is 15.3. The molecular formula is C14H15N3O3S. The van der Waals surface area contributed by atoms with Crippen molar-refractivity contribution in [2.45, 2.75) is 13.1 Å². The van der Waals surface area contributed by atoms with Crippen molar-refractivity contribution in [1.82, 2.24) is 14.3 Å². The number of carbonyl (C=O) groups excluding carboxylic acids is 1. The second-order valence-corrected chi connectivity index (χ2v) is 6.55. The topological polar surface area (TPSA) is 80.2 Å². The number of nitrogens with zero attached hydrogens (tertiary/aromatic N) is 3. The number of rotatable bonds is 6. The van der Waals surface area contributed by atoms with Crippen LogP contribution in [0.1, 0.15) is 21.7 Å². The normalized spacial score (nSPS) is 11.5. The van der Waals surface area contributed by atoms with Gasteiger partial charge in [-0.1, -0.05) is 30.3 Å². The molecule has 0 saturated heterocycles. The summed E-state index contributed by atoms with van der Waals surface area (Å²) in [6.07, 6.45) is 4.54. The van der Waals surface area contributed by atoms with Crippen molar-refractivity contribution in [2.75, 3.05) is 6.26 Å². The summed E-state index contributed by atoms with van der Waals surface area (Å²) >= 11 is 0. The van der Waals surface area contributed by atoms with E-state index in [4.69, 9.17) is 0 Å². The molecule has 2 aromatic rings. The van der Waals surface area contributed by atoms with Gasteiger partial charge in [-0.2, -0.15) is 4.31 Å². The molecule has 0 saturated carbocycles. The first-order chi connectivity index (χ1) is 9.99. The summed E-state index contributed by atoms with van der Waals surface area (Å²) < 4.78 is 25.0. The van der Waals surface area contributed by atoms with Gasteiger partial charge in [0.25, 0.3) is 0 Å². The molecule has 1 aromatic heterocycles. The molecule has 0 radical (unpaired) electrons. The zero-order valence-corrected chi connectivity index (χ0v) is 12.3. The summed E-state index contributed by atoms with van der Waals surface area (Å²) in [5.41, 5.74) is 1.24. The average molecular weight is 305 g/mol. The van der Waals surface area contributed by atoms with Gasteiger partial charge < -0.3 is 0 Å². The molecule has 21 heavy (non-hydrogen) atoms. The van der Waals surface area contributed by atoms with Crippen LogP contribution >= 0.6 is 0 Å². The van der Waals surface area contributed by atoms with Crippen molar-refractivity contribution >= 4 is 16.3 Å². The summed E-state index contributed by atoms with van der Waals surface area (Å²) in [6, 6.07) is 9.29. The minimum Gasteiger partial charge on any atom is -0.298 e. The number of benzene rings is 1. The molecule has 1 aromatic carbocycles. The van der Waals surface area contributed by atoms with E-state index in [0.29, 0.717) is 17.7 Å². The molecule has 0 bridgehead atoms. The van der Waals surface area contributed by atoms with Crippen LogP contribution in [0.25, 0.3) is 0 Å². The molecule has 1 heterocycles. The summed E-state index contributed by atoms with van der Waals surface area (Å²) in [4.78, 5) is 18.5. The monoisotopic (exact) mass is 305 g/mol. The lowest BCUT2D eigenvalue weighted by molar-refractivity contribution is 0.112. The van der Waals surface area contributed by atoms with Crippen LogP contribution in [-0.4, -0.2) is 35.2 Å². The van der Waals surface area contributed by atoms with E-state index >= 15 is 0 Å². The number of aldehydes is 1. The second-order valence-electron chi connectivity index (χ2n) is 4.57. The predicted octanol–water partition coefficient (Wildman–Crippen LogP) is 1.25. The summed E-state index contributed by atoms with van der Waals surface area (Å²) in [5.74, 6) is 0.349. The Kier molecular flexibility index (Phi) is 4.77. The molecule has 6 nitrogen and oxygen atoms in total. The first-order valence-corrected chi connectivity index (χ1v) is 8.09. The Morgan fingerprint density at radius 1 is 1.10 bits per heavy atom. The first kappa shape index (κ1) is 15.3. The van der Waals surface area contributed by atoms with Gasteiger partial charge in [0.2, 0.25) is 10.0 Å². The maximum atomic E-state index is 11.9. The van der Waals surface area contributed by atoms with Gasteiger partial charge in [0.1, 0.15) is 5.82 Å². The fraction of sp³-hybridized carbons (Fsp3) is 0.214. The first-order valence-electron chi connectivity index (χ1n) is 6.24. The van der Waals surface area contributed by atoms with Crippen molar-refractivity contribution in [1.29, 1.82) is 0 Å². The third-order valence-corrected chi connectivity index (χ3v) is 4.05. The molecule has 0 aliphatic rings. The molecule has 7 heteroatoms. The largest absolute Gasteiger partial charge is 0.298 e. The maximum absolute atomic E-state index is 11.9. The lowest BCUT2D eigenvalue weighted by atomic mass is 10.2. The highest BCUT2D eigenvalue weighted by atomic mass is 32.2. The number of sulfonamides is 1. The predicted molar refractivity (Wildman–Crippen MR) is 78.0 cm³/mol. The molecule has 0 amide bonds. The number of carbonyl (C=O) groups is 1. The van der Waals surface area contributed by atoms with E-state index in [2.05, 4.69) is 9.97 Å². The Bertz CT molecular complexity index is 700. The van der Waals surface area contributed by atoms with Crippen molar-refractivity contribution in [3.05, 3.63) is 59.7 Å². The average Bonchev–Trinajstić information content (AvgIpc) is 2.47. The van der Waals surface area contributed by atoms with Crippen LogP contribution < -0.4 is 0 Å². The Labute approximate surface area is 123 Å². The highest BCUT2D eigenvalue weighted by Crippen LogP contribution is 2.11.